The molecule has 0 atom stereocenters. The van der Waals surface area contributed by atoms with Gasteiger partial charge in [0, 0.05) is 16.8 Å². The smallest absolute Gasteiger partial charge is 0.342 e. The van der Waals surface area contributed by atoms with Gasteiger partial charge in [-0.25, -0.2) is 14.2 Å². The lowest BCUT2D eigenvalue weighted by Gasteiger charge is -2.15. The number of nitrogens with one attached hydrogen (secondary N) is 2. The summed E-state index contributed by atoms with van der Waals surface area (Å²) < 4.78 is 18.3. The van der Waals surface area contributed by atoms with Crippen LogP contribution >= 0.6 is 0 Å². The van der Waals surface area contributed by atoms with E-state index < -0.39 is 5.97 Å². The monoisotopic (exact) mass is 377 g/mol. The molecule has 0 bridgehead atoms. The molecular weight excluding hydrogens is 361 g/mol. The van der Waals surface area contributed by atoms with E-state index in [4.69, 9.17) is 4.74 Å². The molecule has 28 heavy (non-hydrogen) atoms. The van der Waals surface area contributed by atoms with Crippen molar-refractivity contribution in [2.24, 2.45) is 0 Å². The van der Waals surface area contributed by atoms with Crippen LogP contribution in [0.2, 0.25) is 0 Å². The van der Waals surface area contributed by atoms with Crippen molar-refractivity contribution < 1.29 is 18.7 Å². The highest BCUT2D eigenvalue weighted by molar-refractivity contribution is 6.07. The van der Waals surface area contributed by atoms with Crippen LogP contribution in [0.5, 0.6) is 0 Å². The summed E-state index contributed by atoms with van der Waals surface area (Å²) in [6.07, 6.45) is 0. The number of nitrogens with zero attached hydrogens (tertiary/aromatic N) is 1. The first-order valence-electron chi connectivity index (χ1n) is 8.62. The maximum absolute atomic E-state index is 13.1. The minimum absolute atomic E-state index is 0.0417. The van der Waals surface area contributed by atoms with Crippen LogP contribution in [0.1, 0.15) is 32.0 Å². The molecule has 1 aliphatic heterocycles. The summed E-state index contributed by atoms with van der Waals surface area (Å²) in [5.41, 5.74) is 2.89. The molecule has 140 valence electrons. The number of rotatable bonds is 4. The fourth-order valence-electron chi connectivity index (χ4n) is 3.04. The average Bonchev–Trinajstić information content (AvgIpc) is 3.09. The van der Waals surface area contributed by atoms with Gasteiger partial charge in [0.05, 0.1) is 11.4 Å². The van der Waals surface area contributed by atoms with E-state index in [1.165, 1.54) is 12.1 Å². The van der Waals surface area contributed by atoms with Gasteiger partial charge in [0.25, 0.3) is 5.91 Å². The maximum atomic E-state index is 13.1. The molecule has 2 heterocycles. The largest absolute Gasteiger partial charge is 0.457 e. The average molecular weight is 377 g/mol. The van der Waals surface area contributed by atoms with Crippen LogP contribution in [0.3, 0.4) is 0 Å². The van der Waals surface area contributed by atoms with Crippen LogP contribution < -0.4 is 10.6 Å². The summed E-state index contributed by atoms with van der Waals surface area (Å²) in [6.45, 7) is 1.78. The highest BCUT2D eigenvalue weighted by Gasteiger charge is 2.31. The molecule has 0 saturated heterocycles. The quantitative estimate of drug-likeness (QED) is 0.666. The highest BCUT2D eigenvalue weighted by atomic mass is 19.1. The second-order valence-corrected chi connectivity index (χ2v) is 6.30. The van der Waals surface area contributed by atoms with Crippen LogP contribution in [0.4, 0.5) is 21.6 Å². The number of pyridine rings is 1. The van der Waals surface area contributed by atoms with E-state index in [2.05, 4.69) is 15.6 Å². The number of ether oxygens (including phenoxy) is 1. The molecule has 1 amide bonds. The third-order valence-electron chi connectivity index (χ3n) is 4.41. The Bertz CT molecular complexity index is 1070. The molecule has 0 unspecified atom stereocenters. The van der Waals surface area contributed by atoms with Crippen molar-refractivity contribution in [3.63, 3.8) is 0 Å². The first-order chi connectivity index (χ1) is 13.5. The summed E-state index contributed by atoms with van der Waals surface area (Å²) in [7, 11) is 0. The lowest BCUT2D eigenvalue weighted by atomic mass is 10.1. The molecule has 3 aromatic rings. The standard InChI is InChI=1S/C21H16FN3O3/c1-12-18(25-20(26)13-5-3-2-4-6-13)16-11-28-21(27)17(16)19(23-12)24-15-9-7-14(22)8-10-15/h2-10H,11H2,1H3,(H,23,24)(H,25,26). The van der Waals surface area contributed by atoms with Crippen molar-refractivity contribution in [3.05, 3.63) is 82.8 Å². The Morgan fingerprint density at radius 3 is 2.54 bits per heavy atom. The van der Waals surface area contributed by atoms with Crippen LogP contribution in [-0.2, 0) is 11.3 Å². The summed E-state index contributed by atoms with van der Waals surface area (Å²) in [5.74, 6) is -0.883. The van der Waals surface area contributed by atoms with Crippen LogP contribution in [0.15, 0.2) is 54.6 Å². The van der Waals surface area contributed by atoms with Crippen molar-refractivity contribution in [2.45, 2.75) is 13.5 Å². The zero-order valence-electron chi connectivity index (χ0n) is 15.0. The molecule has 1 aliphatic rings. The number of benzene rings is 2. The Labute approximate surface area is 160 Å². The third kappa shape index (κ3) is 3.29. The number of aromatic nitrogens is 1. The van der Waals surface area contributed by atoms with E-state index >= 15 is 0 Å². The number of aryl methyl sites for hydroxylation is 1. The number of hydrogen-bond donors (Lipinski definition) is 2. The number of esters is 1. The number of carbonyl (C=O) groups is 2. The molecule has 0 saturated carbocycles. The lowest BCUT2D eigenvalue weighted by molar-refractivity contribution is 0.0536. The number of halogens is 1. The molecule has 4 rings (SSSR count). The van der Waals surface area contributed by atoms with E-state index in [-0.39, 0.29) is 23.9 Å². The van der Waals surface area contributed by atoms with Gasteiger partial charge in [-0.05, 0) is 43.3 Å². The summed E-state index contributed by atoms with van der Waals surface area (Å²) in [5, 5.41) is 5.86. The molecule has 0 fully saturated rings. The van der Waals surface area contributed by atoms with Gasteiger partial charge < -0.3 is 15.4 Å². The first kappa shape index (κ1) is 17.7. The Balaban J connectivity index is 1.71. The topological polar surface area (TPSA) is 80.3 Å². The van der Waals surface area contributed by atoms with Crippen molar-refractivity contribution in [1.29, 1.82) is 0 Å². The van der Waals surface area contributed by atoms with Gasteiger partial charge in [0.1, 0.15) is 23.8 Å². The van der Waals surface area contributed by atoms with E-state index in [0.29, 0.717) is 34.0 Å². The molecule has 6 nitrogen and oxygen atoms in total. The zero-order valence-corrected chi connectivity index (χ0v) is 15.0. The predicted molar refractivity (Wildman–Crippen MR) is 102 cm³/mol. The summed E-state index contributed by atoms with van der Waals surface area (Å²) in [4.78, 5) is 29.3. The van der Waals surface area contributed by atoms with Gasteiger partial charge in [-0.2, -0.15) is 0 Å². The molecule has 1 aromatic heterocycles. The highest BCUT2D eigenvalue weighted by Crippen LogP contribution is 2.35. The molecule has 7 heteroatoms. The summed E-state index contributed by atoms with van der Waals surface area (Å²) in [6, 6.07) is 14.5. The first-order valence-corrected chi connectivity index (χ1v) is 8.62. The van der Waals surface area contributed by atoms with Gasteiger partial charge in [0.15, 0.2) is 0 Å². The molecule has 2 aromatic carbocycles. The van der Waals surface area contributed by atoms with Crippen LogP contribution in [-0.4, -0.2) is 16.9 Å². The fourth-order valence-corrected chi connectivity index (χ4v) is 3.04. The molecule has 0 radical (unpaired) electrons. The number of anilines is 3. The van der Waals surface area contributed by atoms with Gasteiger partial charge in [-0.1, -0.05) is 18.2 Å². The van der Waals surface area contributed by atoms with Crippen LogP contribution in [0, 0.1) is 12.7 Å². The number of hydrogen-bond acceptors (Lipinski definition) is 5. The van der Waals surface area contributed by atoms with Gasteiger partial charge in [0.2, 0.25) is 0 Å². The van der Waals surface area contributed by atoms with Crippen molar-refractivity contribution in [2.75, 3.05) is 10.6 Å². The molecule has 0 spiro atoms. The third-order valence-corrected chi connectivity index (χ3v) is 4.41. The normalized spacial score (nSPS) is 12.3. The van der Waals surface area contributed by atoms with Crippen molar-refractivity contribution in [3.8, 4) is 0 Å². The van der Waals surface area contributed by atoms with E-state index in [0.717, 1.165) is 0 Å². The van der Waals surface area contributed by atoms with Crippen molar-refractivity contribution >= 4 is 29.1 Å². The Morgan fingerprint density at radius 2 is 1.82 bits per heavy atom. The van der Waals surface area contributed by atoms with E-state index in [1.54, 1.807) is 43.3 Å². The maximum Gasteiger partial charge on any atom is 0.342 e. The second-order valence-electron chi connectivity index (χ2n) is 6.30. The number of fused-ring (bicyclic) bond motifs is 1. The predicted octanol–water partition coefficient (Wildman–Crippen LogP) is 4.20. The lowest BCUT2D eigenvalue weighted by Crippen LogP contribution is -2.16. The SMILES string of the molecule is Cc1nc(Nc2ccc(F)cc2)c2c(c1NC(=O)c1ccccc1)COC2=O. The van der Waals surface area contributed by atoms with Crippen LogP contribution in [0.25, 0.3) is 0 Å². The van der Waals surface area contributed by atoms with Gasteiger partial charge in [-0.3, -0.25) is 4.79 Å². The number of amides is 1. The fraction of sp³-hybridized carbons (Fsp3) is 0.0952. The molecular formula is C21H16FN3O3. The van der Waals surface area contributed by atoms with E-state index in [9.17, 15) is 14.0 Å². The van der Waals surface area contributed by atoms with E-state index in [1.807, 2.05) is 6.07 Å². The Hall–Kier alpha value is -3.74. The minimum atomic E-state index is -0.526. The summed E-state index contributed by atoms with van der Waals surface area (Å²) >= 11 is 0. The zero-order chi connectivity index (χ0) is 19.7. The molecule has 0 aliphatic carbocycles. The number of carbonyl (C=O) groups excluding carboxylic acids is 2. The minimum Gasteiger partial charge on any atom is -0.457 e. The molecule has 2 N–H and O–H groups in total. The number of cyclic esters (lactones) is 1. The Kier molecular flexibility index (Phi) is 4.49. The van der Waals surface area contributed by atoms with Gasteiger partial charge in [-0.15, -0.1) is 0 Å². The van der Waals surface area contributed by atoms with Gasteiger partial charge >= 0.3 is 5.97 Å². The Morgan fingerprint density at radius 1 is 1.11 bits per heavy atom. The second kappa shape index (κ2) is 7.11. The van der Waals surface area contributed by atoms with Crippen molar-refractivity contribution in [1.82, 2.24) is 4.98 Å².